The summed E-state index contributed by atoms with van der Waals surface area (Å²) in [6.45, 7) is 9.35. The van der Waals surface area contributed by atoms with Crippen LogP contribution >= 0.6 is 0 Å². The van der Waals surface area contributed by atoms with Gasteiger partial charge in [-0.05, 0) is 65.0 Å². The average Bonchev–Trinajstić information content (AvgIpc) is 2.72. The zero-order valence-electron chi connectivity index (χ0n) is 19.4. The van der Waals surface area contributed by atoms with Gasteiger partial charge in [0.2, 0.25) is 0 Å². The molecule has 3 N–H and O–H groups in total. The third-order valence-corrected chi connectivity index (χ3v) is 4.62. The Kier molecular flexibility index (Phi) is 7.01. The Morgan fingerprint density at radius 2 is 1.85 bits per heavy atom. The molecular weight excluding hydrogens is 422 g/mol. The van der Waals surface area contributed by atoms with Gasteiger partial charge in [0, 0.05) is 12.2 Å². The zero-order valence-corrected chi connectivity index (χ0v) is 19.4. The molecule has 174 valence electrons. The predicted molar refractivity (Wildman–Crippen MR) is 128 cm³/mol. The number of benzene rings is 2. The number of hydrogen-bond donors (Lipinski definition) is 3. The van der Waals surface area contributed by atoms with E-state index in [-0.39, 0.29) is 11.6 Å². The summed E-state index contributed by atoms with van der Waals surface area (Å²) in [6.07, 6.45) is -0.615. The number of rotatable bonds is 5. The molecule has 0 fully saturated rings. The number of anilines is 1. The molecule has 1 aromatic heterocycles. The van der Waals surface area contributed by atoms with Crippen molar-refractivity contribution < 1.29 is 14.3 Å². The number of carbonyl (C=O) groups excluding carboxylic acids is 2. The summed E-state index contributed by atoms with van der Waals surface area (Å²) >= 11 is 0. The molecule has 0 saturated carbocycles. The van der Waals surface area contributed by atoms with Gasteiger partial charge >= 0.3 is 12.1 Å². The molecular formula is C24H29N5O4. The SMILES string of the molecule is CCNC(=O)Nc1cccc(-n2c([C@H](C)NC(=O)OC(C)(C)C)nc3ccccc3c2=O)c1. The van der Waals surface area contributed by atoms with Crippen LogP contribution in [0, 0.1) is 0 Å². The van der Waals surface area contributed by atoms with Crippen LogP contribution in [0.2, 0.25) is 0 Å². The second kappa shape index (κ2) is 9.72. The van der Waals surface area contributed by atoms with Gasteiger partial charge in [-0.3, -0.25) is 9.36 Å². The second-order valence-electron chi connectivity index (χ2n) is 8.53. The minimum atomic E-state index is -0.667. The quantitative estimate of drug-likeness (QED) is 0.540. The van der Waals surface area contributed by atoms with E-state index in [1.807, 2.05) is 6.92 Å². The number of nitrogens with one attached hydrogen (secondary N) is 3. The number of alkyl carbamates (subject to hydrolysis) is 1. The van der Waals surface area contributed by atoms with Crippen LogP contribution in [0.25, 0.3) is 16.6 Å². The van der Waals surface area contributed by atoms with E-state index in [0.29, 0.717) is 34.6 Å². The van der Waals surface area contributed by atoms with Crippen LogP contribution in [0.4, 0.5) is 15.3 Å². The van der Waals surface area contributed by atoms with E-state index in [9.17, 15) is 14.4 Å². The van der Waals surface area contributed by atoms with E-state index in [4.69, 9.17) is 4.74 Å². The summed E-state index contributed by atoms with van der Waals surface area (Å²) in [6, 6.07) is 12.9. The summed E-state index contributed by atoms with van der Waals surface area (Å²) in [7, 11) is 0. The zero-order chi connectivity index (χ0) is 24.2. The first kappa shape index (κ1) is 23.8. The Morgan fingerprint density at radius 1 is 1.12 bits per heavy atom. The van der Waals surface area contributed by atoms with Crippen LogP contribution in [0.3, 0.4) is 0 Å². The van der Waals surface area contributed by atoms with E-state index in [1.165, 1.54) is 4.57 Å². The van der Waals surface area contributed by atoms with Crippen molar-refractivity contribution >= 4 is 28.7 Å². The molecule has 0 bridgehead atoms. The molecule has 33 heavy (non-hydrogen) atoms. The van der Waals surface area contributed by atoms with Gasteiger partial charge in [0.05, 0.1) is 22.6 Å². The molecule has 2 aromatic carbocycles. The maximum Gasteiger partial charge on any atom is 0.408 e. The lowest BCUT2D eigenvalue weighted by molar-refractivity contribution is 0.0505. The largest absolute Gasteiger partial charge is 0.444 e. The molecule has 0 spiro atoms. The van der Waals surface area contributed by atoms with Gasteiger partial charge in [0.15, 0.2) is 0 Å². The molecule has 3 rings (SSSR count). The topological polar surface area (TPSA) is 114 Å². The fourth-order valence-electron chi connectivity index (χ4n) is 3.30. The van der Waals surface area contributed by atoms with Gasteiger partial charge in [-0.1, -0.05) is 18.2 Å². The number of aromatic nitrogens is 2. The highest BCUT2D eigenvalue weighted by Crippen LogP contribution is 2.21. The maximum atomic E-state index is 13.5. The first-order chi connectivity index (χ1) is 15.6. The van der Waals surface area contributed by atoms with Gasteiger partial charge < -0.3 is 20.7 Å². The summed E-state index contributed by atoms with van der Waals surface area (Å²) in [4.78, 5) is 42.5. The molecule has 9 nitrogen and oxygen atoms in total. The summed E-state index contributed by atoms with van der Waals surface area (Å²) in [5, 5.41) is 8.60. The molecule has 0 aliphatic rings. The van der Waals surface area contributed by atoms with Gasteiger partial charge in [-0.2, -0.15) is 0 Å². The van der Waals surface area contributed by atoms with Crippen LogP contribution in [0.1, 0.15) is 46.5 Å². The Bertz CT molecular complexity index is 1230. The first-order valence-corrected chi connectivity index (χ1v) is 10.8. The molecule has 3 amide bonds. The molecule has 9 heteroatoms. The van der Waals surface area contributed by atoms with E-state index < -0.39 is 17.7 Å². The Morgan fingerprint density at radius 3 is 2.55 bits per heavy atom. The van der Waals surface area contributed by atoms with Crippen molar-refractivity contribution in [2.24, 2.45) is 0 Å². The number of para-hydroxylation sites is 1. The number of fused-ring (bicyclic) bond motifs is 1. The van der Waals surface area contributed by atoms with Gasteiger partial charge in [0.25, 0.3) is 5.56 Å². The summed E-state index contributed by atoms with van der Waals surface area (Å²) in [5.41, 5.74) is 0.573. The molecule has 0 unspecified atom stereocenters. The maximum absolute atomic E-state index is 13.5. The standard InChI is InChI=1S/C24H29N5O4/c1-6-25-22(31)27-16-10-9-11-17(14-16)29-20(15(2)26-23(32)33-24(3,4)5)28-19-13-8-7-12-18(19)21(29)30/h7-15H,6H2,1-5H3,(H,26,32)(H2,25,27,31)/t15-/m0/s1. The van der Waals surface area contributed by atoms with E-state index in [0.717, 1.165) is 0 Å². The van der Waals surface area contributed by atoms with Crippen molar-refractivity contribution in [3.63, 3.8) is 0 Å². The van der Waals surface area contributed by atoms with Crippen LogP contribution in [0.15, 0.2) is 53.3 Å². The third kappa shape index (κ3) is 5.88. The van der Waals surface area contributed by atoms with Crippen molar-refractivity contribution in [1.29, 1.82) is 0 Å². The minimum Gasteiger partial charge on any atom is -0.444 e. The molecule has 0 saturated heterocycles. The number of urea groups is 1. The minimum absolute atomic E-state index is 0.288. The average molecular weight is 452 g/mol. The van der Waals surface area contributed by atoms with Crippen LogP contribution < -0.4 is 21.5 Å². The number of nitrogens with zero attached hydrogens (tertiary/aromatic N) is 2. The van der Waals surface area contributed by atoms with Crippen molar-refractivity contribution in [1.82, 2.24) is 20.2 Å². The van der Waals surface area contributed by atoms with Crippen LogP contribution in [0.5, 0.6) is 0 Å². The normalized spacial score (nSPS) is 12.2. The molecule has 0 aliphatic carbocycles. The lowest BCUT2D eigenvalue weighted by atomic mass is 10.2. The Hall–Kier alpha value is -3.88. The van der Waals surface area contributed by atoms with Crippen molar-refractivity contribution in [2.45, 2.75) is 46.3 Å². The Balaban J connectivity index is 2.09. The number of amides is 3. The monoisotopic (exact) mass is 451 g/mol. The number of ether oxygens (including phenoxy) is 1. The Labute approximate surface area is 192 Å². The molecule has 1 atom stereocenters. The molecule has 0 aliphatic heterocycles. The molecule has 1 heterocycles. The van der Waals surface area contributed by atoms with Gasteiger partial charge in [0.1, 0.15) is 11.4 Å². The number of carbonyl (C=O) groups is 2. The fourth-order valence-corrected chi connectivity index (χ4v) is 3.30. The molecule has 0 radical (unpaired) electrons. The smallest absolute Gasteiger partial charge is 0.408 e. The highest BCUT2D eigenvalue weighted by Gasteiger charge is 2.23. The predicted octanol–water partition coefficient (Wildman–Crippen LogP) is 4.11. The van der Waals surface area contributed by atoms with E-state index in [2.05, 4.69) is 20.9 Å². The second-order valence-corrected chi connectivity index (χ2v) is 8.53. The lowest BCUT2D eigenvalue weighted by Gasteiger charge is -2.23. The van der Waals surface area contributed by atoms with Gasteiger partial charge in [-0.15, -0.1) is 0 Å². The van der Waals surface area contributed by atoms with E-state index in [1.54, 1.807) is 76.2 Å². The van der Waals surface area contributed by atoms with Crippen molar-refractivity contribution in [3.05, 3.63) is 64.7 Å². The van der Waals surface area contributed by atoms with Crippen LogP contribution in [-0.4, -0.2) is 33.8 Å². The van der Waals surface area contributed by atoms with Gasteiger partial charge in [-0.25, -0.2) is 14.6 Å². The highest BCUT2D eigenvalue weighted by molar-refractivity contribution is 5.89. The number of hydrogen-bond acceptors (Lipinski definition) is 5. The first-order valence-electron chi connectivity index (χ1n) is 10.8. The summed E-state index contributed by atoms with van der Waals surface area (Å²) < 4.78 is 6.80. The third-order valence-electron chi connectivity index (χ3n) is 4.62. The van der Waals surface area contributed by atoms with E-state index >= 15 is 0 Å². The fraction of sp³-hybridized carbons (Fsp3) is 0.333. The summed E-state index contributed by atoms with van der Waals surface area (Å²) in [5.74, 6) is 0.333. The molecule has 3 aromatic rings. The lowest BCUT2D eigenvalue weighted by Crippen LogP contribution is -2.37. The highest BCUT2D eigenvalue weighted by atomic mass is 16.6. The van der Waals surface area contributed by atoms with Crippen molar-refractivity contribution in [2.75, 3.05) is 11.9 Å². The van der Waals surface area contributed by atoms with Crippen LogP contribution in [-0.2, 0) is 4.74 Å². The van der Waals surface area contributed by atoms with Crippen molar-refractivity contribution in [3.8, 4) is 5.69 Å².